The number of carbonyl (C=O) groups excluding carboxylic acids is 1. The number of hydrogen-bond donors (Lipinski definition) is 1. The summed E-state index contributed by atoms with van der Waals surface area (Å²) in [7, 11) is 0. The SMILES string of the molecule is Cc1noc(C)c1COc1ccccc1C(=O)N1CCCC(C(C)N)C1. The Morgan fingerprint density at radius 1 is 1.42 bits per heavy atom. The van der Waals surface area contributed by atoms with E-state index in [0.717, 1.165) is 36.4 Å². The minimum Gasteiger partial charge on any atom is -0.488 e. The van der Waals surface area contributed by atoms with Crippen LogP contribution in [0, 0.1) is 19.8 Å². The van der Waals surface area contributed by atoms with Gasteiger partial charge >= 0.3 is 0 Å². The Hall–Kier alpha value is -2.34. The zero-order valence-corrected chi connectivity index (χ0v) is 15.7. The summed E-state index contributed by atoms with van der Waals surface area (Å²) in [5.74, 6) is 1.68. The second-order valence-electron chi connectivity index (χ2n) is 7.10. The molecule has 1 aromatic heterocycles. The van der Waals surface area contributed by atoms with Crippen molar-refractivity contribution >= 4 is 5.91 Å². The van der Waals surface area contributed by atoms with Crippen LogP contribution in [0.4, 0.5) is 0 Å². The number of benzene rings is 1. The van der Waals surface area contributed by atoms with Gasteiger partial charge in [0.05, 0.1) is 16.8 Å². The van der Waals surface area contributed by atoms with Crippen molar-refractivity contribution in [1.82, 2.24) is 10.1 Å². The molecule has 1 amide bonds. The number of rotatable bonds is 5. The third-order valence-corrected chi connectivity index (χ3v) is 5.16. The van der Waals surface area contributed by atoms with Crippen molar-refractivity contribution in [2.24, 2.45) is 11.7 Å². The van der Waals surface area contributed by atoms with Crippen molar-refractivity contribution in [1.29, 1.82) is 0 Å². The van der Waals surface area contributed by atoms with Crippen molar-refractivity contribution in [3.63, 3.8) is 0 Å². The van der Waals surface area contributed by atoms with E-state index in [9.17, 15) is 4.79 Å². The van der Waals surface area contributed by atoms with Crippen LogP contribution >= 0.6 is 0 Å². The van der Waals surface area contributed by atoms with Crippen molar-refractivity contribution in [2.75, 3.05) is 13.1 Å². The van der Waals surface area contributed by atoms with E-state index in [4.69, 9.17) is 15.0 Å². The van der Waals surface area contributed by atoms with E-state index >= 15 is 0 Å². The number of amides is 1. The normalized spacial score (nSPS) is 18.6. The molecule has 2 atom stereocenters. The van der Waals surface area contributed by atoms with Gasteiger partial charge in [-0.1, -0.05) is 17.3 Å². The van der Waals surface area contributed by atoms with Crippen molar-refractivity contribution < 1.29 is 14.1 Å². The Morgan fingerprint density at radius 3 is 2.88 bits per heavy atom. The molecular formula is C20H27N3O3. The Bertz CT molecular complexity index is 750. The highest BCUT2D eigenvalue weighted by atomic mass is 16.5. The number of piperidine rings is 1. The number of nitrogens with zero attached hydrogens (tertiary/aromatic N) is 2. The maximum atomic E-state index is 13.1. The smallest absolute Gasteiger partial charge is 0.257 e. The highest BCUT2D eigenvalue weighted by Gasteiger charge is 2.28. The van der Waals surface area contributed by atoms with Gasteiger partial charge in [-0.15, -0.1) is 0 Å². The summed E-state index contributed by atoms with van der Waals surface area (Å²) in [6, 6.07) is 7.49. The van der Waals surface area contributed by atoms with Gasteiger partial charge in [-0.2, -0.15) is 0 Å². The molecule has 0 saturated carbocycles. The maximum absolute atomic E-state index is 13.1. The maximum Gasteiger partial charge on any atom is 0.257 e. The van der Waals surface area contributed by atoms with Crippen LogP contribution in [0.2, 0.25) is 0 Å². The fourth-order valence-electron chi connectivity index (χ4n) is 3.42. The summed E-state index contributed by atoms with van der Waals surface area (Å²) in [6.07, 6.45) is 2.06. The molecule has 1 aromatic carbocycles. The lowest BCUT2D eigenvalue weighted by Crippen LogP contribution is -2.45. The molecule has 1 saturated heterocycles. The van der Waals surface area contributed by atoms with E-state index in [1.807, 2.05) is 49.9 Å². The Morgan fingerprint density at radius 2 is 2.19 bits per heavy atom. The van der Waals surface area contributed by atoms with Crippen LogP contribution in [0.3, 0.4) is 0 Å². The number of likely N-dealkylation sites (tertiary alicyclic amines) is 1. The van der Waals surface area contributed by atoms with Gasteiger partial charge in [-0.25, -0.2) is 0 Å². The van der Waals surface area contributed by atoms with E-state index in [-0.39, 0.29) is 11.9 Å². The largest absolute Gasteiger partial charge is 0.488 e. The lowest BCUT2D eigenvalue weighted by molar-refractivity contribution is 0.0656. The lowest BCUT2D eigenvalue weighted by atomic mass is 9.92. The second kappa shape index (κ2) is 7.91. The summed E-state index contributed by atoms with van der Waals surface area (Å²) >= 11 is 0. The van der Waals surface area contributed by atoms with Gasteiger partial charge < -0.3 is 19.9 Å². The van der Waals surface area contributed by atoms with E-state index in [2.05, 4.69) is 5.16 Å². The van der Waals surface area contributed by atoms with E-state index in [1.54, 1.807) is 0 Å². The van der Waals surface area contributed by atoms with Gasteiger partial charge in [0, 0.05) is 19.1 Å². The number of aromatic nitrogens is 1. The summed E-state index contributed by atoms with van der Waals surface area (Å²) in [5.41, 5.74) is 8.36. The topological polar surface area (TPSA) is 81.6 Å². The van der Waals surface area contributed by atoms with Gasteiger partial charge in [0.1, 0.15) is 18.1 Å². The standard InChI is InChI=1S/C20H27N3O3/c1-13(21)16-7-6-10-23(11-16)20(24)17-8-4-5-9-19(17)25-12-18-14(2)22-26-15(18)3/h4-5,8-9,13,16H,6-7,10-12,21H2,1-3H3. The van der Waals surface area contributed by atoms with Crippen molar-refractivity contribution in [2.45, 2.75) is 46.3 Å². The van der Waals surface area contributed by atoms with Gasteiger partial charge in [-0.3, -0.25) is 4.79 Å². The first-order chi connectivity index (χ1) is 12.5. The van der Waals surface area contributed by atoms with Crippen LogP contribution in [0.15, 0.2) is 28.8 Å². The lowest BCUT2D eigenvalue weighted by Gasteiger charge is -2.35. The number of ether oxygens (including phenoxy) is 1. The molecule has 0 spiro atoms. The molecule has 2 heterocycles. The number of para-hydroxylation sites is 1. The Labute approximate surface area is 154 Å². The van der Waals surface area contributed by atoms with Gasteiger partial charge in [0.25, 0.3) is 5.91 Å². The van der Waals surface area contributed by atoms with E-state index < -0.39 is 0 Å². The third-order valence-electron chi connectivity index (χ3n) is 5.16. The van der Waals surface area contributed by atoms with E-state index in [0.29, 0.717) is 30.4 Å². The van der Waals surface area contributed by atoms with Crippen LogP contribution in [0.25, 0.3) is 0 Å². The predicted molar refractivity (Wildman–Crippen MR) is 99.0 cm³/mol. The van der Waals surface area contributed by atoms with Crippen molar-refractivity contribution in [3.05, 3.63) is 46.8 Å². The molecule has 3 rings (SSSR count). The first-order valence-corrected chi connectivity index (χ1v) is 9.15. The predicted octanol–water partition coefficient (Wildman–Crippen LogP) is 3.07. The third kappa shape index (κ3) is 3.90. The quantitative estimate of drug-likeness (QED) is 0.889. The molecule has 2 unspecified atom stereocenters. The minimum atomic E-state index is 0.00436. The van der Waals surface area contributed by atoms with Crippen LogP contribution in [0.1, 0.15) is 47.1 Å². The molecule has 0 bridgehead atoms. The van der Waals surface area contributed by atoms with Crippen LogP contribution < -0.4 is 10.5 Å². The molecule has 0 aliphatic carbocycles. The second-order valence-corrected chi connectivity index (χ2v) is 7.10. The fourth-order valence-corrected chi connectivity index (χ4v) is 3.42. The summed E-state index contributed by atoms with van der Waals surface area (Å²) in [6.45, 7) is 7.55. The average Bonchev–Trinajstić information content (AvgIpc) is 2.97. The summed E-state index contributed by atoms with van der Waals surface area (Å²) in [5, 5.41) is 3.94. The molecule has 1 aliphatic rings. The van der Waals surface area contributed by atoms with Crippen molar-refractivity contribution in [3.8, 4) is 5.75 Å². The van der Waals surface area contributed by atoms with Gasteiger partial charge in [0.2, 0.25) is 0 Å². The molecule has 0 radical (unpaired) electrons. The number of nitrogens with two attached hydrogens (primary N) is 1. The highest BCUT2D eigenvalue weighted by Crippen LogP contribution is 2.26. The monoisotopic (exact) mass is 357 g/mol. The zero-order valence-electron chi connectivity index (χ0n) is 15.7. The first kappa shape index (κ1) is 18.5. The minimum absolute atomic E-state index is 0.00436. The van der Waals surface area contributed by atoms with Crippen LogP contribution in [-0.2, 0) is 6.61 Å². The Kier molecular flexibility index (Phi) is 5.61. The molecule has 1 aliphatic heterocycles. The zero-order chi connectivity index (χ0) is 18.7. The Balaban J connectivity index is 1.75. The number of aryl methyl sites for hydroxylation is 2. The molecule has 6 heteroatoms. The molecular weight excluding hydrogens is 330 g/mol. The molecule has 1 fully saturated rings. The molecule has 140 valence electrons. The highest BCUT2D eigenvalue weighted by molar-refractivity contribution is 5.97. The fraction of sp³-hybridized carbons (Fsp3) is 0.500. The molecule has 2 N–H and O–H groups in total. The van der Waals surface area contributed by atoms with E-state index in [1.165, 1.54) is 0 Å². The summed E-state index contributed by atoms with van der Waals surface area (Å²) < 4.78 is 11.1. The molecule has 2 aromatic rings. The summed E-state index contributed by atoms with van der Waals surface area (Å²) in [4.78, 5) is 15.0. The molecule has 26 heavy (non-hydrogen) atoms. The number of hydrogen-bond acceptors (Lipinski definition) is 5. The van der Waals surface area contributed by atoms with Crippen LogP contribution in [0.5, 0.6) is 5.75 Å². The van der Waals surface area contributed by atoms with Gasteiger partial charge in [0.15, 0.2) is 0 Å². The van der Waals surface area contributed by atoms with Gasteiger partial charge in [-0.05, 0) is 51.7 Å². The molecule has 6 nitrogen and oxygen atoms in total. The number of carbonyl (C=O) groups is 1. The first-order valence-electron chi connectivity index (χ1n) is 9.15. The van der Waals surface area contributed by atoms with Crippen LogP contribution in [-0.4, -0.2) is 35.1 Å². The average molecular weight is 357 g/mol.